The molecular weight excluding hydrogens is 339 g/mol. The van der Waals surface area contributed by atoms with E-state index in [1.807, 2.05) is 52.8 Å². The monoisotopic (exact) mass is 360 g/mol. The van der Waals surface area contributed by atoms with Gasteiger partial charge in [0.2, 0.25) is 5.91 Å². The first kappa shape index (κ1) is 15.4. The highest BCUT2D eigenvalue weighted by Gasteiger charge is 2.40. The molecule has 0 heterocycles. The highest BCUT2D eigenvalue weighted by molar-refractivity contribution is 14.1. The number of amides is 1. The highest BCUT2D eigenvalue weighted by atomic mass is 127. The lowest BCUT2D eigenvalue weighted by molar-refractivity contribution is -0.126. The normalized spacial score (nSPS) is 12.4. The zero-order chi connectivity index (χ0) is 14.1. The standard InChI is InChI=1S/C14H21IN2O/c1-9-8-10(15)6-7-11(9)17-12(18)13(2,3)14(4,5)16/h6-8H,16H2,1-5H3,(H,17,18). The highest BCUT2D eigenvalue weighted by Crippen LogP contribution is 2.30. The maximum absolute atomic E-state index is 12.3. The van der Waals surface area contributed by atoms with E-state index in [1.165, 1.54) is 0 Å². The smallest absolute Gasteiger partial charge is 0.231 e. The fourth-order valence-electron chi connectivity index (χ4n) is 1.34. The predicted molar refractivity (Wildman–Crippen MR) is 84.6 cm³/mol. The third kappa shape index (κ3) is 3.23. The van der Waals surface area contributed by atoms with Gasteiger partial charge in [0.15, 0.2) is 0 Å². The summed E-state index contributed by atoms with van der Waals surface area (Å²) in [5.41, 5.74) is 6.76. The molecule has 0 aromatic heterocycles. The first-order valence-electron chi connectivity index (χ1n) is 5.92. The fourth-order valence-corrected chi connectivity index (χ4v) is 1.99. The van der Waals surface area contributed by atoms with E-state index < -0.39 is 11.0 Å². The lowest BCUT2D eigenvalue weighted by atomic mass is 9.74. The molecule has 0 aliphatic carbocycles. The van der Waals surface area contributed by atoms with Crippen LogP contribution in [0.15, 0.2) is 18.2 Å². The van der Waals surface area contributed by atoms with Crippen LogP contribution in [0.4, 0.5) is 5.69 Å². The van der Waals surface area contributed by atoms with Crippen LogP contribution < -0.4 is 11.1 Å². The minimum absolute atomic E-state index is 0.0562. The average Bonchev–Trinajstić information content (AvgIpc) is 2.20. The molecule has 100 valence electrons. The molecule has 0 spiro atoms. The topological polar surface area (TPSA) is 55.1 Å². The second kappa shape index (κ2) is 5.17. The number of nitrogens with one attached hydrogen (secondary N) is 1. The maximum atomic E-state index is 12.3. The number of halogens is 1. The van der Waals surface area contributed by atoms with Crippen molar-refractivity contribution in [3.8, 4) is 0 Å². The summed E-state index contributed by atoms with van der Waals surface area (Å²) in [4.78, 5) is 12.3. The van der Waals surface area contributed by atoms with E-state index in [-0.39, 0.29) is 5.91 Å². The summed E-state index contributed by atoms with van der Waals surface area (Å²) >= 11 is 2.25. The van der Waals surface area contributed by atoms with Crippen LogP contribution in [0.25, 0.3) is 0 Å². The summed E-state index contributed by atoms with van der Waals surface area (Å²) in [6.45, 7) is 9.45. The number of carbonyl (C=O) groups excluding carboxylic acids is 1. The van der Waals surface area contributed by atoms with Crippen LogP contribution in [-0.2, 0) is 4.79 Å². The first-order chi connectivity index (χ1) is 8.05. The molecule has 0 radical (unpaired) electrons. The molecular formula is C14H21IN2O. The summed E-state index contributed by atoms with van der Waals surface area (Å²) in [5, 5.41) is 2.96. The minimum Gasteiger partial charge on any atom is -0.325 e. The summed E-state index contributed by atoms with van der Waals surface area (Å²) < 4.78 is 1.15. The van der Waals surface area contributed by atoms with Crippen molar-refractivity contribution in [2.75, 3.05) is 5.32 Å². The van der Waals surface area contributed by atoms with E-state index in [0.717, 1.165) is 14.8 Å². The molecule has 0 bridgehead atoms. The van der Waals surface area contributed by atoms with Crippen molar-refractivity contribution in [2.24, 2.45) is 11.1 Å². The van der Waals surface area contributed by atoms with E-state index in [2.05, 4.69) is 27.9 Å². The Morgan fingerprint density at radius 1 is 1.28 bits per heavy atom. The van der Waals surface area contributed by atoms with Gasteiger partial charge in [-0.3, -0.25) is 4.79 Å². The fraction of sp³-hybridized carbons (Fsp3) is 0.500. The molecule has 0 unspecified atom stereocenters. The van der Waals surface area contributed by atoms with Crippen molar-refractivity contribution in [1.82, 2.24) is 0 Å². The second-order valence-electron chi connectivity index (χ2n) is 5.76. The van der Waals surface area contributed by atoms with Gasteiger partial charge in [0.05, 0.1) is 5.41 Å². The number of hydrogen-bond donors (Lipinski definition) is 2. The second-order valence-corrected chi connectivity index (χ2v) is 7.01. The number of hydrogen-bond acceptors (Lipinski definition) is 2. The molecule has 0 saturated heterocycles. The van der Waals surface area contributed by atoms with Crippen LogP contribution in [0.2, 0.25) is 0 Å². The summed E-state index contributed by atoms with van der Waals surface area (Å²) in [7, 11) is 0. The molecule has 3 N–H and O–H groups in total. The summed E-state index contributed by atoms with van der Waals surface area (Å²) in [6.07, 6.45) is 0. The lowest BCUT2D eigenvalue weighted by Crippen LogP contribution is -2.53. The van der Waals surface area contributed by atoms with Crippen LogP contribution in [0.5, 0.6) is 0 Å². The Bertz CT molecular complexity index is 461. The molecule has 0 fully saturated rings. The van der Waals surface area contributed by atoms with E-state index in [9.17, 15) is 4.79 Å². The maximum Gasteiger partial charge on any atom is 0.231 e. The van der Waals surface area contributed by atoms with Crippen molar-refractivity contribution in [2.45, 2.75) is 40.2 Å². The van der Waals surface area contributed by atoms with E-state index in [0.29, 0.717) is 0 Å². The molecule has 1 amide bonds. The zero-order valence-corrected chi connectivity index (χ0v) is 13.8. The summed E-state index contributed by atoms with van der Waals surface area (Å²) in [6, 6.07) is 5.94. The Kier molecular flexibility index (Phi) is 4.43. The third-order valence-corrected chi connectivity index (χ3v) is 4.29. The molecule has 0 aliphatic heterocycles. The number of nitrogens with two attached hydrogens (primary N) is 1. The quantitative estimate of drug-likeness (QED) is 0.813. The molecule has 1 aromatic carbocycles. The molecule has 18 heavy (non-hydrogen) atoms. The molecule has 0 atom stereocenters. The van der Waals surface area contributed by atoms with Gasteiger partial charge in [-0.25, -0.2) is 0 Å². The van der Waals surface area contributed by atoms with Gasteiger partial charge in [0, 0.05) is 14.8 Å². The molecule has 0 aliphatic rings. The average molecular weight is 360 g/mol. The first-order valence-corrected chi connectivity index (χ1v) is 7.00. The zero-order valence-electron chi connectivity index (χ0n) is 11.6. The van der Waals surface area contributed by atoms with Gasteiger partial charge in [-0.1, -0.05) is 0 Å². The molecule has 4 heteroatoms. The van der Waals surface area contributed by atoms with Gasteiger partial charge in [0.25, 0.3) is 0 Å². The van der Waals surface area contributed by atoms with Gasteiger partial charge in [-0.2, -0.15) is 0 Å². The van der Waals surface area contributed by atoms with Gasteiger partial charge in [-0.05, 0) is 81.0 Å². The van der Waals surface area contributed by atoms with Gasteiger partial charge < -0.3 is 11.1 Å². The lowest BCUT2D eigenvalue weighted by Gasteiger charge is -2.37. The van der Waals surface area contributed by atoms with Crippen LogP contribution in [-0.4, -0.2) is 11.4 Å². The Morgan fingerprint density at radius 2 is 1.83 bits per heavy atom. The molecule has 3 nitrogen and oxygen atoms in total. The molecule has 1 aromatic rings. The van der Waals surface area contributed by atoms with Crippen molar-refractivity contribution in [3.63, 3.8) is 0 Å². The van der Waals surface area contributed by atoms with E-state index in [4.69, 9.17) is 5.73 Å². The van der Waals surface area contributed by atoms with Crippen molar-refractivity contribution >= 4 is 34.2 Å². The van der Waals surface area contributed by atoms with Crippen LogP contribution in [0.3, 0.4) is 0 Å². The van der Waals surface area contributed by atoms with Crippen LogP contribution in [0.1, 0.15) is 33.3 Å². The van der Waals surface area contributed by atoms with Crippen molar-refractivity contribution in [1.29, 1.82) is 0 Å². The SMILES string of the molecule is Cc1cc(I)ccc1NC(=O)C(C)(C)C(C)(C)N. The van der Waals surface area contributed by atoms with E-state index in [1.54, 1.807) is 0 Å². The number of aryl methyl sites for hydroxylation is 1. The minimum atomic E-state index is -0.636. The molecule has 0 saturated carbocycles. The Labute approximate surface area is 123 Å². The summed E-state index contributed by atoms with van der Waals surface area (Å²) in [5.74, 6) is -0.0562. The van der Waals surface area contributed by atoms with Crippen molar-refractivity contribution < 1.29 is 4.79 Å². The van der Waals surface area contributed by atoms with Gasteiger partial charge in [0.1, 0.15) is 0 Å². The van der Waals surface area contributed by atoms with Crippen LogP contribution >= 0.6 is 22.6 Å². The number of anilines is 1. The Morgan fingerprint density at radius 3 is 2.28 bits per heavy atom. The van der Waals surface area contributed by atoms with Crippen molar-refractivity contribution in [3.05, 3.63) is 27.3 Å². The number of carbonyl (C=O) groups is 1. The number of rotatable bonds is 3. The largest absolute Gasteiger partial charge is 0.325 e. The number of benzene rings is 1. The van der Waals surface area contributed by atoms with Gasteiger partial charge in [-0.15, -0.1) is 0 Å². The van der Waals surface area contributed by atoms with Crippen LogP contribution in [0, 0.1) is 15.9 Å². The Hall–Kier alpha value is -0.620. The Balaban J connectivity index is 2.95. The third-order valence-electron chi connectivity index (χ3n) is 3.62. The van der Waals surface area contributed by atoms with E-state index >= 15 is 0 Å². The molecule has 1 rings (SSSR count). The predicted octanol–water partition coefficient (Wildman–Crippen LogP) is 3.30. The van der Waals surface area contributed by atoms with Gasteiger partial charge >= 0.3 is 0 Å².